The van der Waals surface area contributed by atoms with Crippen LogP contribution in [0.5, 0.6) is 5.75 Å². The molecular formula is C16H13N3O6S. The summed E-state index contributed by atoms with van der Waals surface area (Å²) in [6.07, 6.45) is 0. The van der Waals surface area contributed by atoms with Crippen LogP contribution >= 0.6 is 0 Å². The maximum Gasteiger partial charge on any atom is 0.295 e. The van der Waals surface area contributed by atoms with E-state index in [1.807, 2.05) is 0 Å². The van der Waals surface area contributed by atoms with E-state index >= 15 is 0 Å². The molecule has 0 heterocycles. The zero-order valence-electron chi connectivity index (χ0n) is 13.1. The highest BCUT2D eigenvalue weighted by Crippen LogP contribution is 2.43. The fourth-order valence-electron chi connectivity index (χ4n) is 2.79. The van der Waals surface area contributed by atoms with Gasteiger partial charge in [-0.05, 0) is 35.2 Å². The summed E-state index contributed by atoms with van der Waals surface area (Å²) in [6, 6.07) is 8.78. The van der Waals surface area contributed by atoms with Gasteiger partial charge in [0.05, 0.1) is 10.6 Å². The van der Waals surface area contributed by atoms with Crippen molar-refractivity contribution >= 4 is 38.0 Å². The predicted molar refractivity (Wildman–Crippen MR) is 96.3 cm³/mol. The Morgan fingerprint density at radius 1 is 1.04 bits per heavy atom. The molecule has 3 aromatic rings. The highest BCUT2D eigenvalue weighted by atomic mass is 32.2. The summed E-state index contributed by atoms with van der Waals surface area (Å²) in [5, 5.41) is 21.7. The van der Waals surface area contributed by atoms with Gasteiger partial charge in [0.15, 0.2) is 0 Å². The molecule has 0 aliphatic heterocycles. The van der Waals surface area contributed by atoms with Gasteiger partial charge in [-0.25, -0.2) is 0 Å². The van der Waals surface area contributed by atoms with Gasteiger partial charge in [0.1, 0.15) is 10.6 Å². The van der Waals surface area contributed by atoms with Gasteiger partial charge in [0.25, 0.3) is 15.8 Å². The number of nitro groups is 1. The summed E-state index contributed by atoms with van der Waals surface area (Å²) in [5.41, 5.74) is 11.4. The molecule has 0 unspecified atom stereocenters. The number of nitro benzene ring substituents is 1. The molecule has 0 aliphatic carbocycles. The number of phenolic OH excluding ortho intramolecular Hbond substituents is 1. The molecule has 0 aromatic heterocycles. The summed E-state index contributed by atoms with van der Waals surface area (Å²) in [5.74, 6) is -0.356. The Morgan fingerprint density at radius 2 is 1.73 bits per heavy atom. The zero-order valence-corrected chi connectivity index (χ0v) is 13.9. The van der Waals surface area contributed by atoms with Crippen molar-refractivity contribution in [2.45, 2.75) is 4.90 Å². The molecule has 0 atom stereocenters. The molecule has 0 aliphatic rings. The second-order valence-corrected chi connectivity index (χ2v) is 6.93. The number of hydrogen-bond acceptors (Lipinski definition) is 7. The highest BCUT2D eigenvalue weighted by molar-refractivity contribution is 7.86. The molecule has 6 N–H and O–H groups in total. The molecule has 26 heavy (non-hydrogen) atoms. The van der Waals surface area contributed by atoms with Crippen LogP contribution in [-0.4, -0.2) is 23.0 Å². The lowest BCUT2D eigenvalue weighted by Crippen LogP contribution is -2.04. The van der Waals surface area contributed by atoms with E-state index in [-0.39, 0.29) is 44.7 Å². The third kappa shape index (κ3) is 2.76. The van der Waals surface area contributed by atoms with Crippen molar-refractivity contribution in [3.8, 4) is 16.9 Å². The highest BCUT2D eigenvalue weighted by Gasteiger charge is 2.23. The SMILES string of the molecule is Nc1cccc(S(=O)(=O)O)c1-c1cc(O)c(N)c2ccc([N+](=O)[O-])cc12. The zero-order chi connectivity index (χ0) is 19.2. The normalized spacial score (nSPS) is 11.6. The Hall–Kier alpha value is -3.37. The Balaban J connectivity index is 2.53. The van der Waals surface area contributed by atoms with Gasteiger partial charge in [-0.15, -0.1) is 0 Å². The minimum Gasteiger partial charge on any atom is -0.506 e. The molecule has 10 heteroatoms. The quantitative estimate of drug-likeness (QED) is 0.178. The first-order valence-electron chi connectivity index (χ1n) is 7.17. The number of hydrogen-bond donors (Lipinski definition) is 4. The van der Waals surface area contributed by atoms with Crippen molar-refractivity contribution in [3.63, 3.8) is 0 Å². The van der Waals surface area contributed by atoms with Crippen molar-refractivity contribution in [1.82, 2.24) is 0 Å². The topological polar surface area (TPSA) is 170 Å². The fraction of sp³-hybridized carbons (Fsp3) is 0. The van der Waals surface area contributed by atoms with E-state index in [9.17, 15) is 28.2 Å². The first-order valence-corrected chi connectivity index (χ1v) is 8.61. The summed E-state index contributed by atoms with van der Waals surface area (Å²) in [7, 11) is -4.65. The molecule has 9 nitrogen and oxygen atoms in total. The Kier molecular flexibility index (Phi) is 3.93. The molecule has 3 aromatic carbocycles. The van der Waals surface area contributed by atoms with Gasteiger partial charge >= 0.3 is 0 Å². The second kappa shape index (κ2) is 5.86. The summed E-state index contributed by atoms with van der Waals surface area (Å²) in [4.78, 5) is 9.99. The molecule has 0 saturated heterocycles. The number of fused-ring (bicyclic) bond motifs is 1. The average Bonchev–Trinajstić information content (AvgIpc) is 2.57. The van der Waals surface area contributed by atoms with Crippen LogP contribution in [0.15, 0.2) is 47.4 Å². The van der Waals surface area contributed by atoms with Crippen molar-refractivity contribution < 1.29 is 23.0 Å². The predicted octanol–water partition coefficient (Wildman–Crippen LogP) is 2.53. The molecule has 0 radical (unpaired) electrons. The lowest BCUT2D eigenvalue weighted by Gasteiger charge is -2.15. The number of nitrogens with two attached hydrogens (primary N) is 2. The summed E-state index contributed by atoms with van der Waals surface area (Å²) >= 11 is 0. The van der Waals surface area contributed by atoms with E-state index in [0.717, 1.165) is 12.1 Å². The van der Waals surface area contributed by atoms with Gasteiger partial charge < -0.3 is 16.6 Å². The molecule has 0 amide bonds. The van der Waals surface area contributed by atoms with Crippen molar-refractivity contribution in [2.75, 3.05) is 11.5 Å². The van der Waals surface area contributed by atoms with Crippen molar-refractivity contribution in [2.24, 2.45) is 0 Å². The maximum absolute atomic E-state index is 11.7. The minimum absolute atomic E-state index is 0.00268. The lowest BCUT2D eigenvalue weighted by molar-refractivity contribution is -0.384. The molecule has 0 spiro atoms. The van der Waals surface area contributed by atoms with Crippen LogP contribution in [0.3, 0.4) is 0 Å². The minimum atomic E-state index is -4.65. The van der Waals surface area contributed by atoms with Crippen LogP contribution in [-0.2, 0) is 10.1 Å². The lowest BCUT2D eigenvalue weighted by atomic mass is 9.95. The van der Waals surface area contributed by atoms with Crippen LogP contribution in [0.2, 0.25) is 0 Å². The number of anilines is 2. The van der Waals surface area contributed by atoms with Gasteiger partial charge in [-0.3, -0.25) is 14.7 Å². The van der Waals surface area contributed by atoms with Crippen molar-refractivity contribution in [3.05, 3.63) is 52.6 Å². The Labute approximate surface area is 147 Å². The first-order chi connectivity index (χ1) is 12.1. The van der Waals surface area contributed by atoms with Crippen LogP contribution in [0, 0.1) is 10.1 Å². The van der Waals surface area contributed by atoms with E-state index in [2.05, 4.69) is 0 Å². The van der Waals surface area contributed by atoms with E-state index in [0.29, 0.717) is 0 Å². The van der Waals surface area contributed by atoms with Gasteiger partial charge in [-0.1, -0.05) is 6.07 Å². The maximum atomic E-state index is 11.7. The van der Waals surface area contributed by atoms with Gasteiger partial charge in [-0.2, -0.15) is 8.42 Å². The number of aromatic hydroxyl groups is 1. The Bertz CT molecular complexity index is 1170. The number of phenols is 1. The average molecular weight is 375 g/mol. The first kappa shape index (κ1) is 17.5. The molecular weight excluding hydrogens is 362 g/mol. The fourth-order valence-corrected chi connectivity index (χ4v) is 3.53. The van der Waals surface area contributed by atoms with E-state index in [1.54, 1.807) is 0 Å². The third-order valence-corrected chi connectivity index (χ3v) is 4.85. The Morgan fingerprint density at radius 3 is 2.35 bits per heavy atom. The molecule has 0 saturated carbocycles. The molecule has 0 fully saturated rings. The standard InChI is InChI=1S/C16H13N3O6S/c17-12-2-1-3-14(26(23,24)25)15(12)11-7-13(20)16(18)9-5-4-8(19(21)22)6-10(9)11/h1-7,20H,17-18H2,(H,23,24,25). The van der Waals surface area contributed by atoms with Crippen molar-refractivity contribution in [1.29, 1.82) is 0 Å². The van der Waals surface area contributed by atoms with Crippen LogP contribution in [0.1, 0.15) is 0 Å². The van der Waals surface area contributed by atoms with Crippen LogP contribution in [0.25, 0.3) is 21.9 Å². The molecule has 134 valence electrons. The molecule has 3 rings (SSSR count). The monoisotopic (exact) mass is 375 g/mol. The van der Waals surface area contributed by atoms with E-state index in [4.69, 9.17) is 11.5 Å². The largest absolute Gasteiger partial charge is 0.506 e. The van der Waals surface area contributed by atoms with Gasteiger partial charge in [0.2, 0.25) is 0 Å². The number of rotatable bonds is 3. The smallest absolute Gasteiger partial charge is 0.295 e. The van der Waals surface area contributed by atoms with E-state index in [1.165, 1.54) is 30.3 Å². The van der Waals surface area contributed by atoms with Crippen LogP contribution < -0.4 is 11.5 Å². The summed E-state index contributed by atoms with van der Waals surface area (Å²) < 4.78 is 33.0. The second-order valence-electron chi connectivity index (χ2n) is 5.54. The third-order valence-electron chi connectivity index (χ3n) is 3.96. The number of benzene rings is 3. The molecule has 0 bridgehead atoms. The number of nitrogens with zero attached hydrogens (tertiary/aromatic N) is 1. The number of non-ortho nitro benzene ring substituents is 1. The van der Waals surface area contributed by atoms with Crippen LogP contribution in [0.4, 0.5) is 17.1 Å². The van der Waals surface area contributed by atoms with Gasteiger partial charge in [0, 0.05) is 28.8 Å². The van der Waals surface area contributed by atoms with E-state index < -0.39 is 19.9 Å². The number of nitrogen functional groups attached to an aromatic ring is 2. The summed E-state index contributed by atoms with van der Waals surface area (Å²) in [6.45, 7) is 0.